The predicted octanol–water partition coefficient (Wildman–Crippen LogP) is 2.83. The van der Waals surface area contributed by atoms with E-state index in [1.807, 2.05) is 0 Å². The molecule has 12 heavy (non-hydrogen) atoms. The molecule has 1 N–H and O–H groups in total. The average Bonchev–Trinajstić information content (AvgIpc) is 2.55. The van der Waals surface area contributed by atoms with Gasteiger partial charge >= 0.3 is 0 Å². The molecule has 1 radical (unpaired) electrons. The fraction of sp³-hybridized carbons (Fsp3) is 0.909. The van der Waals surface area contributed by atoms with Crippen LogP contribution in [0.4, 0.5) is 0 Å². The molecule has 0 bridgehead atoms. The highest BCUT2D eigenvalue weighted by molar-refractivity contribution is 5.11. The van der Waals surface area contributed by atoms with Crippen molar-refractivity contribution >= 4 is 0 Å². The van der Waals surface area contributed by atoms with E-state index in [4.69, 9.17) is 0 Å². The van der Waals surface area contributed by atoms with Gasteiger partial charge in [0.2, 0.25) is 0 Å². The molecule has 0 heterocycles. The fourth-order valence-corrected chi connectivity index (χ4v) is 2.76. The Balaban J connectivity index is 1.96. The second kappa shape index (κ2) is 3.37. The maximum absolute atomic E-state index is 10.3. The van der Waals surface area contributed by atoms with Crippen molar-refractivity contribution in [3.05, 3.63) is 5.92 Å². The molecule has 0 aromatic carbocycles. The van der Waals surface area contributed by atoms with E-state index in [0.717, 1.165) is 12.8 Å². The second-order valence-electron chi connectivity index (χ2n) is 4.40. The molecule has 2 fully saturated rings. The van der Waals surface area contributed by atoms with Gasteiger partial charge < -0.3 is 5.11 Å². The number of aliphatic hydroxyl groups is 1. The van der Waals surface area contributed by atoms with Gasteiger partial charge in [0.25, 0.3) is 0 Å². The van der Waals surface area contributed by atoms with Crippen LogP contribution in [0.3, 0.4) is 0 Å². The Bertz CT molecular complexity index is 141. The zero-order valence-electron chi connectivity index (χ0n) is 7.81. The van der Waals surface area contributed by atoms with E-state index in [1.54, 1.807) is 0 Å². The summed E-state index contributed by atoms with van der Waals surface area (Å²) in [5.74, 6) is 1.48. The molecule has 1 nitrogen and oxygen atoms in total. The molecule has 0 aromatic heterocycles. The van der Waals surface area contributed by atoms with Gasteiger partial charge in [-0.15, -0.1) is 0 Å². The number of hydrogen-bond donors (Lipinski definition) is 1. The summed E-state index contributed by atoms with van der Waals surface area (Å²) < 4.78 is 0. The molecule has 0 amide bonds. The Kier molecular flexibility index (Phi) is 2.40. The molecule has 0 spiro atoms. The van der Waals surface area contributed by atoms with Crippen molar-refractivity contribution in [1.29, 1.82) is 0 Å². The largest absolute Gasteiger partial charge is 0.389 e. The SMILES string of the molecule is OC1([C]2CCCCC2)CCCC1. The van der Waals surface area contributed by atoms with Crippen LogP contribution < -0.4 is 0 Å². The first-order valence-electron chi connectivity index (χ1n) is 5.39. The zero-order valence-corrected chi connectivity index (χ0v) is 7.81. The molecule has 2 aliphatic carbocycles. The van der Waals surface area contributed by atoms with Gasteiger partial charge in [0, 0.05) is 5.92 Å². The second-order valence-corrected chi connectivity index (χ2v) is 4.40. The Morgan fingerprint density at radius 2 is 1.42 bits per heavy atom. The Morgan fingerprint density at radius 3 is 2.00 bits per heavy atom. The molecular weight excluding hydrogens is 148 g/mol. The molecule has 0 aromatic rings. The molecule has 2 aliphatic rings. The van der Waals surface area contributed by atoms with Crippen molar-refractivity contribution in [2.75, 3.05) is 0 Å². The highest BCUT2D eigenvalue weighted by atomic mass is 16.3. The summed E-state index contributed by atoms with van der Waals surface area (Å²) in [6, 6.07) is 0. The summed E-state index contributed by atoms with van der Waals surface area (Å²) in [5.41, 5.74) is -0.319. The van der Waals surface area contributed by atoms with E-state index >= 15 is 0 Å². The van der Waals surface area contributed by atoms with Crippen LogP contribution in [0, 0.1) is 5.92 Å². The number of hydrogen-bond acceptors (Lipinski definition) is 1. The molecule has 2 saturated carbocycles. The molecule has 0 aliphatic heterocycles. The van der Waals surface area contributed by atoms with Gasteiger partial charge in [-0.1, -0.05) is 32.1 Å². The minimum absolute atomic E-state index is 0.319. The van der Waals surface area contributed by atoms with Crippen LogP contribution in [0.25, 0.3) is 0 Å². The summed E-state index contributed by atoms with van der Waals surface area (Å²) in [5, 5.41) is 10.3. The van der Waals surface area contributed by atoms with Crippen LogP contribution >= 0.6 is 0 Å². The topological polar surface area (TPSA) is 20.2 Å². The van der Waals surface area contributed by atoms with Gasteiger partial charge in [-0.3, -0.25) is 0 Å². The lowest BCUT2D eigenvalue weighted by atomic mass is 9.76. The van der Waals surface area contributed by atoms with Crippen LogP contribution in [0.2, 0.25) is 0 Å². The van der Waals surface area contributed by atoms with Crippen molar-refractivity contribution in [3.63, 3.8) is 0 Å². The van der Waals surface area contributed by atoms with Gasteiger partial charge in [-0.05, 0) is 25.7 Å². The Labute approximate surface area is 75.2 Å². The molecule has 0 atom stereocenters. The summed E-state index contributed by atoms with van der Waals surface area (Å²) in [7, 11) is 0. The van der Waals surface area contributed by atoms with Gasteiger partial charge in [0.1, 0.15) is 0 Å². The molecule has 69 valence electrons. The van der Waals surface area contributed by atoms with Gasteiger partial charge in [-0.25, -0.2) is 0 Å². The first kappa shape index (κ1) is 8.55. The van der Waals surface area contributed by atoms with E-state index in [0.29, 0.717) is 0 Å². The summed E-state index contributed by atoms with van der Waals surface area (Å²) >= 11 is 0. The lowest BCUT2D eigenvalue weighted by molar-refractivity contribution is 0.0482. The van der Waals surface area contributed by atoms with E-state index in [-0.39, 0.29) is 5.60 Å². The van der Waals surface area contributed by atoms with Crippen LogP contribution in [0.15, 0.2) is 0 Å². The first-order chi connectivity index (χ1) is 5.81. The van der Waals surface area contributed by atoms with Crippen LogP contribution in [0.5, 0.6) is 0 Å². The zero-order chi connectivity index (χ0) is 8.44. The Hall–Kier alpha value is -0.0400. The highest BCUT2D eigenvalue weighted by Crippen LogP contribution is 2.43. The minimum Gasteiger partial charge on any atom is -0.389 e. The molecule has 0 saturated heterocycles. The van der Waals surface area contributed by atoms with E-state index < -0.39 is 0 Å². The predicted molar refractivity (Wildman–Crippen MR) is 49.7 cm³/mol. The van der Waals surface area contributed by atoms with Gasteiger partial charge in [0.05, 0.1) is 5.60 Å². The summed E-state index contributed by atoms with van der Waals surface area (Å²) in [6.07, 6.45) is 11.0. The Morgan fingerprint density at radius 1 is 0.833 bits per heavy atom. The van der Waals surface area contributed by atoms with Crippen LogP contribution in [-0.2, 0) is 0 Å². The maximum Gasteiger partial charge on any atom is 0.0710 e. The van der Waals surface area contributed by atoms with Crippen LogP contribution in [0.1, 0.15) is 57.8 Å². The third-order valence-corrected chi connectivity index (χ3v) is 3.55. The van der Waals surface area contributed by atoms with E-state index in [1.165, 1.54) is 50.9 Å². The van der Waals surface area contributed by atoms with Crippen molar-refractivity contribution in [2.45, 2.75) is 63.4 Å². The summed E-state index contributed by atoms with van der Waals surface area (Å²) in [4.78, 5) is 0. The molecular formula is C11H19O. The lowest BCUT2D eigenvalue weighted by Gasteiger charge is -2.34. The van der Waals surface area contributed by atoms with Crippen molar-refractivity contribution in [1.82, 2.24) is 0 Å². The third kappa shape index (κ3) is 1.52. The maximum atomic E-state index is 10.3. The monoisotopic (exact) mass is 167 g/mol. The average molecular weight is 167 g/mol. The quantitative estimate of drug-likeness (QED) is 0.636. The van der Waals surface area contributed by atoms with E-state index in [9.17, 15) is 5.11 Å². The molecule has 2 rings (SSSR count). The summed E-state index contributed by atoms with van der Waals surface area (Å²) in [6.45, 7) is 0. The van der Waals surface area contributed by atoms with Gasteiger partial charge in [0.15, 0.2) is 0 Å². The third-order valence-electron chi connectivity index (χ3n) is 3.55. The van der Waals surface area contributed by atoms with Crippen LogP contribution in [-0.4, -0.2) is 10.7 Å². The first-order valence-corrected chi connectivity index (χ1v) is 5.39. The normalized spacial score (nSPS) is 30.8. The molecule has 1 heteroatoms. The molecule has 0 unspecified atom stereocenters. The highest BCUT2D eigenvalue weighted by Gasteiger charge is 2.39. The fourth-order valence-electron chi connectivity index (χ4n) is 2.76. The minimum atomic E-state index is -0.319. The van der Waals surface area contributed by atoms with Crippen molar-refractivity contribution < 1.29 is 5.11 Å². The van der Waals surface area contributed by atoms with E-state index in [2.05, 4.69) is 0 Å². The van der Waals surface area contributed by atoms with Gasteiger partial charge in [-0.2, -0.15) is 0 Å². The van der Waals surface area contributed by atoms with Crippen molar-refractivity contribution in [3.8, 4) is 0 Å². The van der Waals surface area contributed by atoms with Crippen molar-refractivity contribution in [2.24, 2.45) is 0 Å². The smallest absolute Gasteiger partial charge is 0.0710 e. The standard InChI is InChI=1S/C11H19O/c12-11(8-4-5-9-11)10-6-2-1-3-7-10/h12H,1-9H2. The number of rotatable bonds is 1. The lowest BCUT2D eigenvalue weighted by Crippen LogP contribution is -2.34.